The molecule has 3 heterocycles. The third kappa shape index (κ3) is 3.94. The third-order valence-electron chi connectivity index (χ3n) is 6.07. The summed E-state index contributed by atoms with van der Waals surface area (Å²) >= 11 is 0. The summed E-state index contributed by atoms with van der Waals surface area (Å²) in [6.45, 7) is 0.306. The molecule has 6 rings (SSSR count). The number of ether oxygens (including phenoxy) is 2. The van der Waals surface area contributed by atoms with E-state index >= 15 is 0 Å². The van der Waals surface area contributed by atoms with Gasteiger partial charge in [0, 0.05) is 12.2 Å². The number of hydrogen-bond donors (Lipinski definition) is 2. The molecule has 2 aromatic heterocycles. The van der Waals surface area contributed by atoms with Gasteiger partial charge in [-0.3, -0.25) is 9.36 Å². The third-order valence-corrected chi connectivity index (χ3v) is 6.07. The first-order chi connectivity index (χ1) is 17.8. The molecule has 0 saturated carbocycles. The number of hydrogen-bond acceptors (Lipinski definition) is 6. The molecule has 0 aliphatic carbocycles. The van der Waals surface area contributed by atoms with Crippen molar-refractivity contribution in [1.29, 1.82) is 0 Å². The van der Waals surface area contributed by atoms with E-state index in [0.29, 0.717) is 28.2 Å². The van der Waals surface area contributed by atoms with Crippen LogP contribution in [0.25, 0.3) is 27.9 Å². The van der Waals surface area contributed by atoms with Gasteiger partial charge in [0.2, 0.25) is 6.79 Å². The fourth-order valence-electron chi connectivity index (χ4n) is 4.27. The highest BCUT2D eigenvalue weighted by molar-refractivity contribution is 6.11. The van der Waals surface area contributed by atoms with E-state index in [9.17, 15) is 18.0 Å². The van der Waals surface area contributed by atoms with Crippen molar-refractivity contribution >= 4 is 33.9 Å². The second-order valence-electron chi connectivity index (χ2n) is 8.40. The molecule has 37 heavy (non-hydrogen) atoms. The Balaban J connectivity index is 1.43. The predicted octanol–water partition coefficient (Wildman–Crippen LogP) is 4.83. The van der Waals surface area contributed by atoms with Gasteiger partial charge < -0.3 is 20.5 Å². The van der Waals surface area contributed by atoms with Crippen LogP contribution in [0, 0.1) is 0 Å². The molecule has 1 amide bonds. The van der Waals surface area contributed by atoms with E-state index in [1.165, 1.54) is 16.7 Å². The highest BCUT2D eigenvalue weighted by Gasteiger charge is 2.31. The molecule has 0 bridgehead atoms. The van der Waals surface area contributed by atoms with Crippen molar-refractivity contribution in [2.75, 3.05) is 12.5 Å². The van der Waals surface area contributed by atoms with E-state index in [1.807, 2.05) is 0 Å². The fourth-order valence-corrected chi connectivity index (χ4v) is 4.27. The quantitative estimate of drug-likeness (QED) is 0.363. The monoisotopic (exact) mass is 505 g/mol. The van der Waals surface area contributed by atoms with Crippen molar-refractivity contribution in [3.05, 3.63) is 83.4 Å². The Morgan fingerprint density at radius 1 is 0.973 bits per heavy atom. The summed E-state index contributed by atoms with van der Waals surface area (Å²) in [6.07, 6.45) is -4.49. The smallest absolute Gasteiger partial charge is 0.416 e. The maximum Gasteiger partial charge on any atom is 0.416 e. The standard InChI is InChI=1S/C26H18F3N5O3/c27-26(28,29)15-6-8-16(9-7-15)34-23(30)21(22-24(34)33-18-4-2-1-3-17(18)32-22)25(35)31-12-14-5-10-19-20(11-14)37-13-36-19/h1-11H,12-13,30H2,(H,31,35). The number of benzene rings is 3. The van der Waals surface area contributed by atoms with Crippen molar-refractivity contribution in [2.24, 2.45) is 0 Å². The Bertz CT molecular complexity index is 1680. The minimum atomic E-state index is -4.49. The van der Waals surface area contributed by atoms with Gasteiger partial charge >= 0.3 is 6.18 Å². The molecule has 5 aromatic rings. The summed E-state index contributed by atoms with van der Waals surface area (Å²) in [5.74, 6) is 0.715. The molecule has 0 spiro atoms. The van der Waals surface area contributed by atoms with Crippen LogP contribution in [0.2, 0.25) is 0 Å². The normalized spacial score (nSPS) is 12.8. The van der Waals surface area contributed by atoms with Crippen LogP contribution >= 0.6 is 0 Å². The summed E-state index contributed by atoms with van der Waals surface area (Å²) in [4.78, 5) is 22.6. The summed E-state index contributed by atoms with van der Waals surface area (Å²) in [7, 11) is 0. The first-order valence-electron chi connectivity index (χ1n) is 11.2. The van der Waals surface area contributed by atoms with Crippen molar-refractivity contribution in [3.8, 4) is 17.2 Å². The number of nitrogens with zero attached hydrogens (tertiary/aromatic N) is 3. The molecule has 0 unspecified atom stereocenters. The number of para-hydroxylation sites is 2. The maximum absolute atomic E-state index is 13.4. The zero-order valence-electron chi connectivity index (χ0n) is 19.0. The molecule has 3 aromatic carbocycles. The number of carbonyl (C=O) groups is 1. The van der Waals surface area contributed by atoms with Gasteiger partial charge in [0.25, 0.3) is 5.91 Å². The predicted molar refractivity (Wildman–Crippen MR) is 130 cm³/mol. The van der Waals surface area contributed by atoms with Crippen molar-refractivity contribution < 1.29 is 27.4 Å². The van der Waals surface area contributed by atoms with E-state index in [-0.39, 0.29) is 35.9 Å². The zero-order valence-corrected chi connectivity index (χ0v) is 19.0. The number of nitrogens with one attached hydrogen (secondary N) is 1. The number of anilines is 1. The molecule has 0 radical (unpaired) electrons. The topological polar surface area (TPSA) is 104 Å². The Morgan fingerprint density at radius 2 is 1.68 bits per heavy atom. The van der Waals surface area contributed by atoms with Gasteiger partial charge in [-0.15, -0.1) is 0 Å². The summed E-state index contributed by atoms with van der Waals surface area (Å²) in [5, 5.41) is 2.84. The molecular formula is C26H18F3N5O3. The van der Waals surface area contributed by atoms with Crippen LogP contribution in [-0.4, -0.2) is 27.2 Å². The summed E-state index contributed by atoms with van der Waals surface area (Å²) < 4.78 is 51.5. The van der Waals surface area contributed by atoms with Gasteiger partial charge in [0.1, 0.15) is 16.9 Å². The van der Waals surface area contributed by atoms with E-state index in [4.69, 9.17) is 15.2 Å². The number of rotatable bonds is 4. The molecule has 0 atom stereocenters. The first kappa shape index (κ1) is 22.7. The van der Waals surface area contributed by atoms with Crippen molar-refractivity contribution in [3.63, 3.8) is 0 Å². The van der Waals surface area contributed by atoms with Crippen molar-refractivity contribution in [1.82, 2.24) is 19.9 Å². The number of nitrogens with two attached hydrogens (primary N) is 1. The lowest BCUT2D eigenvalue weighted by Gasteiger charge is -2.11. The molecule has 0 saturated heterocycles. The first-order valence-corrected chi connectivity index (χ1v) is 11.2. The minimum absolute atomic E-state index is 0.00764. The van der Waals surface area contributed by atoms with Crippen LogP contribution in [-0.2, 0) is 12.7 Å². The number of halogens is 3. The van der Waals surface area contributed by atoms with Crippen LogP contribution in [0.4, 0.5) is 19.0 Å². The number of amides is 1. The van der Waals surface area contributed by atoms with Gasteiger partial charge in [-0.05, 0) is 54.1 Å². The second-order valence-corrected chi connectivity index (χ2v) is 8.40. The van der Waals surface area contributed by atoms with Crippen LogP contribution in [0.15, 0.2) is 66.7 Å². The zero-order chi connectivity index (χ0) is 25.7. The van der Waals surface area contributed by atoms with Gasteiger partial charge in [-0.2, -0.15) is 13.2 Å². The Hall–Kier alpha value is -4.80. The van der Waals surface area contributed by atoms with Crippen LogP contribution in [0.3, 0.4) is 0 Å². The van der Waals surface area contributed by atoms with Gasteiger partial charge in [-0.25, -0.2) is 9.97 Å². The SMILES string of the molecule is Nc1c(C(=O)NCc2ccc3c(c2)OCO3)c2nc3ccccc3nc2n1-c1ccc(C(F)(F)F)cc1. The van der Waals surface area contributed by atoms with E-state index in [2.05, 4.69) is 15.3 Å². The highest BCUT2D eigenvalue weighted by Crippen LogP contribution is 2.35. The minimum Gasteiger partial charge on any atom is -0.454 e. The Labute approximate surface area is 207 Å². The summed E-state index contributed by atoms with van der Waals surface area (Å²) in [5.41, 5.74) is 8.39. The van der Waals surface area contributed by atoms with Crippen LogP contribution < -0.4 is 20.5 Å². The second kappa shape index (κ2) is 8.40. The molecule has 1 aliphatic heterocycles. The summed E-state index contributed by atoms with van der Waals surface area (Å²) in [6, 6.07) is 16.9. The maximum atomic E-state index is 13.4. The largest absolute Gasteiger partial charge is 0.454 e. The van der Waals surface area contributed by atoms with Crippen molar-refractivity contribution in [2.45, 2.75) is 12.7 Å². The Morgan fingerprint density at radius 3 is 2.41 bits per heavy atom. The number of fused-ring (bicyclic) bond motifs is 3. The molecule has 11 heteroatoms. The number of aromatic nitrogens is 3. The molecule has 1 aliphatic rings. The van der Waals surface area contributed by atoms with Crippen LogP contribution in [0.1, 0.15) is 21.5 Å². The van der Waals surface area contributed by atoms with E-state index in [1.54, 1.807) is 42.5 Å². The van der Waals surface area contributed by atoms with Gasteiger partial charge in [0.05, 0.1) is 16.6 Å². The lowest BCUT2D eigenvalue weighted by molar-refractivity contribution is -0.137. The average Bonchev–Trinajstić information content (AvgIpc) is 3.46. The average molecular weight is 505 g/mol. The number of carbonyl (C=O) groups excluding carboxylic acids is 1. The van der Waals surface area contributed by atoms with Crippen LogP contribution in [0.5, 0.6) is 11.5 Å². The molecule has 0 fully saturated rings. The molecule has 3 N–H and O–H groups in total. The van der Waals surface area contributed by atoms with E-state index in [0.717, 1.165) is 17.7 Å². The highest BCUT2D eigenvalue weighted by atomic mass is 19.4. The lowest BCUT2D eigenvalue weighted by atomic mass is 10.2. The van der Waals surface area contributed by atoms with Gasteiger partial charge in [-0.1, -0.05) is 18.2 Å². The molecule has 186 valence electrons. The number of alkyl halides is 3. The molecular weight excluding hydrogens is 487 g/mol. The number of nitrogen functional groups attached to an aromatic ring is 1. The Kier molecular flexibility index (Phi) is 5.14. The van der Waals surface area contributed by atoms with E-state index < -0.39 is 17.6 Å². The van der Waals surface area contributed by atoms with Gasteiger partial charge in [0.15, 0.2) is 17.1 Å². The lowest BCUT2D eigenvalue weighted by Crippen LogP contribution is -2.24. The molecule has 8 nitrogen and oxygen atoms in total. The fraction of sp³-hybridized carbons (Fsp3) is 0.115.